The first-order valence-corrected chi connectivity index (χ1v) is 5.39. The van der Waals surface area contributed by atoms with Crippen LogP contribution in [0.5, 0.6) is 0 Å². The maximum Gasteiger partial charge on any atom is 0.313 e. The van der Waals surface area contributed by atoms with Crippen molar-refractivity contribution in [1.82, 2.24) is 0 Å². The molecule has 2 atom stereocenters. The van der Waals surface area contributed by atoms with Gasteiger partial charge in [0.1, 0.15) is 6.10 Å². The van der Waals surface area contributed by atoms with E-state index in [0.717, 1.165) is 0 Å². The van der Waals surface area contributed by atoms with E-state index in [9.17, 15) is 4.79 Å². The number of carbonyl (C=O) groups is 1. The average Bonchev–Trinajstić information content (AvgIpc) is 2.85. The van der Waals surface area contributed by atoms with Crippen molar-refractivity contribution in [2.45, 2.75) is 39.7 Å². The number of hydrogen-bond acceptors (Lipinski definition) is 2. The second kappa shape index (κ2) is 4.63. The summed E-state index contributed by atoms with van der Waals surface area (Å²) in [6.45, 7) is 9.67. The van der Waals surface area contributed by atoms with E-state index >= 15 is 0 Å². The van der Waals surface area contributed by atoms with Crippen LogP contribution in [-0.2, 0) is 9.53 Å². The average molecular weight is 196 g/mol. The molecular weight excluding hydrogens is 176 g/mol. The molecule has 80 valence electrons. The molecule has 0 aromatic rings. The Hall–Kier alpha value is -0.790. The fourth-order valence-electron chi connectivity index (χ4n) is 1.56. The van der Waals surface area contributed by atoms with Crippen LogP contribution >= 0.6 is 0 Å². The maximum atomic E-state index is 11.7. The highest BCUT2D eigenvalue weighted by molar-refractivity contribution is 5.74. The lowest BCUT2D eigenvalue weighted by Crippen LogP contribution is -2.25. The summed E-state index contributed by atoms with van der Waals surface area (Å²) in [4.78, 5) is 11.7. The summed E-state index contributed by atoms with van der Waals surface area (Å²) in [7, 11) is 0. The Balaban J connectivity index is 2.41. The van der Waals surface area contributed by atoms with E-state index in [-0.39, 0.29) is 23.9 Å². The third-order valence-electron chi connectivity index (χ3n) is 2.83. The van der Waals surface area contributed by atoms with Gasteiger partial charge in [0.15, 0.2) is 0 Å². The van der Waals surface area contributed by atoms with E-state index in [0.29, 0.717) is 5.92 Å². The van der Waals surface area contributed by atoms with Gasteiger partial charge in [-0.15, -0.1) is 6.58 Å². The lowest BCUT2D eigenvalue weighted by atomic mass is 9.96. The highest BCUT2D eigenvalue weighted by atomic mass is 16.5. The molecule has 0 spiro atoms. The summed E-state index contributed by atoms with van der Waals surface area (Å²) >= 11 is 0. The molecule has 1 aliphatic rings. The van der Waals surface area contributed by atoms with Crippen molar-refractivity contribution in [3.63, 3.8) is 0 Å². The highest BCUT2D eigenvalue weighted by Crippen LogP contribution is 2.34. The van der Waals surface area contributed by atoms with Crippen molar-refractivity contribution in [3.05, 3.63) is 12.7 Å². The monoisotopic (exact) mass is 196 g/mol. The Bertz CT molecular complexity index is 216. The Morgan fingerprint density at radius 2 is 2.00 bits per heavy atom. The minimum atomic E-state index is -0.156. The summed E-state index contributed by atoms with van der Waals surface area (Å²) in [6.07, 6.45) is 4.18. The van der Waals surface area contributed by atoms with Crippen LogP contribution in [0.3, 0.4) is 0 Å². The molecule has 2 heteroatoms. The van der Waals surface area contributed by atoms with E-state index in [1.54, 1.807) is 6.08 Å². The molecule has 1 saturated carbocycles. The van der Waals surface area contributed by atoms with Crippen LogP contribution in [0, 0.1) is 17.8 Å². The Morgan fingerprint density at radius 3 is 2.36 bits per heavy atom. The SMILES string of the molecule is C=CC(C(=O)OC(C)C1CC1)C(C)C. The molecule has 0 aliphatic heterocycles. The first-order chi connectivity index (χ1) is 6.56. The minimum absolute atomic E-state index is 0.0868. The fourth-order valence-corrected chi connectivity index (χ4v) is 1.56. The predicted octanol–water partition coefficient (Wildman–Crippen LogP) is 2.79. The second-order valence-electron chi connectivity index (χ2n) is 4.48. The van der Waals surface area contributed by atoms with Gasteiger partial charge < -0.3 is 4.74 Å². The van der Waals surface area contributed by atoms with Gasteiger partial charge in [0.05, 0.1) is 5.92 Å². The van der Waals surface area contributed by atoms with Crippen LogP contribution in [0.4, 0.5) is 0 Å². The molecule has 1 rings (SSSR count). The summed E-state index contributed by atoms with van der Waals surface area (Å²) < 4.78 is 5.38. The number of esters is 1. The smallest absolute Gasteiger partial charge is 0.313 e. The van der Waals surface area contributed by atoms with Crippen molar-refractivity contribution in [2.75, 3.05) is 0 Å². The fraction of sp³-hybridized carbons (Fsp3) is 0.750. The summed E-state index contributed by atoms with van der Waals surface area (Å²) in [5.41, 5.74) is 0. The zero-order valence-electron chi connectivity index (χ0n) is 9.32. The Kier molecular flexibility index (Phi) is 3.73. The lowest BCUT2D eigenvalue weighted by Gasteiger charge is -2.19. The first-order valence-electron chi connectivity index (χ1n) is 5.39. The quantitative estimate of drug-likeness (QED) is 0.499. The Morgan fingerprint density at radius 1 is 1.43 bits per heavy atom. The normalized spacial score (nSPS) is 20.3. The molecule has 0 N–H and O–H groups in total. The van der Waals surface area contributed by atoms with Crippen molar-refractivity contribution in [3.8, 4) is 0 Å². The first kappa shape index (κ1) is 11.3. The van der Waals surface area contributed by atoms with Gasteiger partial charge in [-0.2, -0.15) is 0 Å². The van der Waals surface area contributed by atoms with E-state index in [2.05, 4.69) is 6.58 Å². The second-order valence-corrected chi connectivity index (χ2v) is 4.48. The van der Waals surface area contributed by atoms with Crippen LogP contribution < -0.4 is 0 Å². The summed E-state index contributed by atoms with van der Waals surface area (Å²) in [5, 5.41) is 0. The van der Waals surface area contributed by atoms with Gasteiger partial charge in [-0.25, -0.2) is 0 Å². The van der Waals surface area contributed by atoms with Crippen LogP contribution in [0.15, 0.2) is 12.7 Å². The number of carbonyl (C=O) groups excluding carboxylic acids is 1. The molecule has 0 aromatic carbocycles. The molecule has 1 aliphatic carbocycles. The van der Waals surface area contributed by atoms with Gasteiger partial charge in [0.25, 0.3) is 0 Å². The van der Waals surface area contributed by atoms with E-state index in [1.165, 1.54) is 12.8 Å². The standard InChI is InChI=1S/C12H20O2/c1-5-11(8(2)3)12(13)14-9(4)10-6-7-10/h5,8-11H,1,6-7H2,2-4H3. The molecule has 0 aromatic heterocycles. The Labute approximate surface area is 86.3 Å². The van der Waals surface area contributed by atoms with Gasteiger partial charge in [-0.3, -0.25) is 4.79 Å². The van der Waals surface area contributed by atoms with Gasteiger partial charge >= 0.3 is 5.97 Å². The number of hydrogen-bond donors (Lipinski definition) is 0. The van der Waals surface area contributed by atoms with Gasteiger partial charge in [-0.1, -0.05) is 19.9 Å². The topological polar surface area (TPSA) is 26.3 Å². The lowest BCUT2D eigenvalue weighted by molar-refractivity contribution is -0.153. The number of ether oxygens (including phenoxy) is 1. The van der Waals surface area contributed by atoms with E-state index in [1.807, 2.05) is 20.8 Å². The minimum Gasteiger partial charge on any atom is -0.462 e. The van der Waals surface area contributed by atoms with Crippen LogP contribution in [0.2, 0.25) is 0 Å². The molecular formula is C12H20O2. The molecule has 2 unspecified atom stereocenters. The predicted molar refractivity (Wildman–Crippen MR) is 56.8 cm³/mol. The third kappa shape index (κ3) is 2.86. The third-order valence-corrected chi connectivity index (χ3v) is 2.83. The van der Waals surface area contributed by atoms with Crippen LogP contribution in [0.25, 0.3) is 0 Å². The number of rotatable bonds is 5. The molecule has 0 amide bonds. The molecule has 0 saturated heterocycles. The van der Waals surface area contributed by atoms with Crippen molar-refractivity contribution < 1.29 is 9.53 Å². The van der Waals surface area contributed by atoms with E-state index in [4.69, 9.17) is 4.74 Å². The largest absolute Gasteiger partial charge is 0.462 e. The molecule has 0 heterocycles. The zero-order chi connectivity index (χ0) is 10.7. The van der Waals surface area contributed by atoms with Crippen molar-refractivity contribution >= 4 is 5.97 Å². The zero-order valence-corrected chi connectivity index (χ0v) is 9.32. The highest BCUT2D eigenvalue weighted by Gasteiger charge is 2.32. The van der Waals surface area contributed by atoms with Gasteiger partial charge in [0, 0.05) is 0 Å². The summed E-state index contributed by atoms with van der Waals surface area (Å²) in [5.74, 6) is 0.605. The van der Waals surface area contributed by atoms with Gasteiger partial charge in [-0.05, 0) is 31.6 Å². The molecule has 14 heavy (non-hydrogen) atoms. The van der Waals surface area contributed by atoms with Gasteiger partial charge in [0.2, 0.25) is 0 Å². The van der Waals surface area contributed by atoms with Crippen LogP contribution in [-0.4, -0.2) is 12.1 Å². The maximum absolute atomic E-state index is 11.7. The van der Waals surface area contributed by atoms with E-state index < -0.39 is 0 Å². The van der Waals surface area contributed by atoms with Crippen LogP contribution in [0.1, 0.15) is 33.6 Å². The summed E-state index contributed by atoms with van der Waals surface area (Å²) in [6, 6.07) is 0. The molecule has 0 bridgehead atoms. The van der Waals surface area contributed by atoms with Crippen molar-refractivity contribution in [2.24, 2.45) is 17.8 Å². The molecule has 1 fully saturated rings. The van der Waals surface area contributed by atoms with Crippen molar-refractivity contribution in [1.29, 1.82) is 0 Å². The molecule has 2 nitrogen and oxygen atoms in total. The molecule has 0 radical (unpaired) electrons.